The zero-order chi connectivity index (χ0) is 14.4. The molecule has 1 aromatic carbocycles. The van der Waals surface area contributed by atoms with Gasteiger partial charge in [-0.2, -0.15) is 0 Å². The standard InChI is InChI=1S/C11H13N3O5/c1-13(7-11(16)17)6-10(15)12-8-4-2-3-5-9(8)14(18)19/h2-5H,6-7H2,1H3,(H,12,15)(H,16,17). The molecule has 1 aromatic rings. The molecule has 0 radical (unpaired) electrons. The summed E-state index contributed by atoms with van der Waals surface area (Å²) in [6.07, 6.45) is 0. The van der Waals surface area contributed by atoms with E-state index in [4.69, 9.17) is 5.11 Å². The Labute approximate surface area is 108 Å². The first-order valence-corrected chi connectivity index (χ1v) is 5.33. The largest absolute Gasteiger partial charge is 0.480 e. The lowest BCUT2D eigenvalue weighted by atomic mass is 10.2. The second kappa shape index (κ2) is 6.45. The Morgan fingerprint density at radius 1 is 1.37 bits per heavy atom. The molecule has 8 heteroatoms. The highest BCUT2D eigenvalue weighted by atomic mass is 16.6. The predicted octanol–water partition coefficient (Wildman–Crippen LogP) is 0.550. The van der Waals surface area contributed by atoms with Crippen molar-refractivity contribution in [3.63, 3.8) is 0 Å². The maximum Gasteiger partial charge on any atom is 0.317 e. The van der Waals surface area contributed by atoms with Crippen molar-refractivity contribution in [1.82, 2.24) is 4.90 Å². The molecule has 1 rings (SSSR count). The fourth-order valence-corrected chi connectivity index (χ4v) is 1.46. The van der Waals surface area contributed by atoms with Crippen molar-refractivity contribution >= 4 is 23.3 Å². The molecule has 0 heterocycles. The van der Waals surface area contributed by atoms with Gasteiger partial charge in [0.1, 0.15) is 5.69 Å². The van der Waals surface area contributed by atoms with E-state index < -0.39 is 16.8 Å². The highest BCUT2D eigenvalue weighted by Crippen LogP contribution is 2.22. The zero-order valence-corrected chi connectivity index (χ0v) is 10.2. The van der Waals surface area contributed by atoms with Crippen molar-refractivity contribution in [3.05, 3.63) is 34.4 Å². The van der Waals surface area contributed by atoms with E-state index in [1.54, 1.807) is 6.07 Å². The molecule has 0 unspecified atom stereocenters. The van der Waals surface area contributed by atoms with Gasteiger partial charge < -0.3 is 10.4 Å². The summed E-state index contributed by atoms with van der Waals surface area (Å²) in [6.45, 7) is -0.456. The fourth-order valence-electron chi connectivity index (χ4n) is 1.46. The van der Waals surface area contributed by atoms with Crippen LogP contribution in [0.15, 0.2) is 24.3 Å². The minimum Gasteiger partial charge on any atom is -0.480 e. The number of nitro groups is 1. The molecule has 0 aliphatic heterocycles. The molecule has 19 heavy (non-hydrogen) atoms. The van der Waals surface area contributed by atoms with E-state index in [9.17, 15) is 19.7 Å². The van der Waals surface area contributed by atoms with Crippen LogP contribution in [0.3, 0.4) is 0 Å². The zero-order valence-electron chi connectivity index (χ0n) is 10.2. The lowest BCUT2D eigenvalue weighted by Gasteiger charge is -2.13. The number of likely N-dealkylation sites (N-methyl/N-ethyl adjacent to an activating group) is 1. The van der Waals surface area contributed by atoms with E-state index in [1.165, 1.54) is 30.1 Å². The molecule has 8 nitrogen and oxygen atoms in total. The number of anilines is 1. The Morgan fingerprint density at radius 2 is 2.00 bits per heavy atom. The van der Waals surface area contributed by atoms with Gasteiger partial charge in [-0.1, -0.05) is 12.1 Å². The average Bonchev–Trinajstić information content (AvgIpc) is 2.27. The van der Waals surface area contributed by atoms with Crippen LogP contribution in [0.4, 0.5) is 11.4 Å². The van der Waals surface area contributed by atoms with Crippen LogP contribution in [0.1, 0.15) is 0 Å². The van der Waals surface area contributed by atoms with Crippen LogP contribution in [-0.2, 0) is 9.59 Å². The second-order valence-electron chi connectivity index (χ2n) is 3.89. The summed E-state index contributed by atoms with van der Waals surface area (Å²) >= 11 is 0. The van der Waals surface area contributed by atoms with Crippen molar-refractivity contribution in [2.75, 3.05) is 25.5 Å². The smallest absolute Gasteiger partial charge is 0.317 e. The van der Waals surface area contributed by atoms with Gasteiger partial charge in [-0.05, 0) is 13.1 Å². The molecule has 0 aliphatic carbocycles. The number of nitro benzene ring substituents is 1. The Balaban J connectivity index is 2.67. The number of nitrogens with one attached hydrogen (secondary N) is 1. The van der Waals surface area contributed by atoms with Crippen molar-refractivity contribution in [2.24, 2.45) is 0 Å². The van der Waals surface area contributed by atoms with E-state index in [0.717, 1.165) is 0 Å². The van der Waals surface area contributed by atoms with E-state index in [0.29, 0.717) is 0 Å². The van der Waals surface area contributed by atoms with E-state index in [2.05, 4.69) is 5.32 Å². The molecule has 0 aliphatic rings. The lowest BCUT2D eigenvalue weighted by Crippen LogP contribution is -2.33. The first-order chi connectivity index (χ1) is 8.90. The summed E-state index contributed by atoms with van der Waals surface area (Å²) < 4.78 is 0. The van der Waals surface area contributed by atoms with Crippen molar-refractivity contribution < 1.29 is 19.6 Å². The molecular weight excluding hydrogens is 254 g/mol. The van der Waals surface area contributed by atoms with Gasteiger partial charge in [0.2, 0.25) is 5.91 Å². The van der Waals surface area contributed by atoms with Crippen LogP contribution in [0.2, 0.25) is 0 Å². The molecule has 0 saturated carbocycles. The molecule has 0 saturated heterocycles. The molecule has 0 bridgehead atoms. The monoisotopic (exact) mass is 267 g/mol. The number of nitrogens with zero attached hydrogens (tertiary/aromatic N) is 2. The predicted molar refractivity (Wildman–Crippen MR) is 66.9 cm³/mol. The summed E-state index contributed by atoms with van der Waals surface area (Å²) in [6, 6.07) is 5.73. The minimum absolute atomic E-state index is 0.0845. The molecular formula is C11H13N3O5. The highest BCUT2D eigenvalue weighted by Gasteiger charge is 2.16. The normalized spacial score (nSPS) is 10.2. The summed E-state index contributed by atoms with van der Waals surface area (Å²) in [7, 11) is 1.47. The number of para-hydroxylation sites is 2. The maximum atomic E-state index is 11.6. The molecule has 0 atom stereocenters. The van der Waals surface area contributed by atoms with Gasteiger partial charge in [-0.15, -0.1) is 0 Å². The van der Waals surface area contributed by atoms with Gasteiger partial charge >= 0.3 is 5.97 Å². The quantitative estimate of drug-likeness (QED) is 0.574. The van der Waals surface area contributed by atoms with Crippen LogP contribution in [0, 0.1) is 10.1 Å². The molecule has 2 N–H and O–H groups in total. The first-order valence-electron chi connectivity index (χ1n) is 5.33. The van der Waals surface area contributed by atoms with Crippen LogP contribution in [-0.4, -0.2) is 46.9 Å². The van der Waals surface area contributed by atoms with Gasteiger partial charge in [0.15, 0.2) is 0 Å². The number of carboxylic acid groups (broad SMARTS) is 1. The van der Waals surface area contributed by atoms with E-state index in [1.807, 2.05) is 0 Å². The number of carboxylic acids is 1. The molecule has 1 amide bonds. The molecule has 0 fully saturated rings. The van der Waals surface area contributed by atoms with Crippen LogP contribution in [0.25, 0.3) is 0 Å². The van der Waals surface area contributed by atoms with E-state index in [-0.39, 0.29) is 24.5 Å². The average molecular weight is 267 g/mol. The SMILES string of the molecule is CN(CC(=O)O)CC(=O)Nc1ccccc1[N+](=O)[O-]. The number of hydrogen-bond acceptors (Lipinski definition) is 5. The highest BCUT2D eigenvalue weighted by molar-refractivity contribution is 5.94. The van der Waals surface area contributed by atoms with Crippen LogP contribution >= 0.6 is 0 Å². The van der Waals surface area contributed by atoms with Crippen LogP contribution in [0.5, 0.6) is 0 Å². The van der Waals surface area contributed by atoms with Crippen molar-refractivity contribution in [1.29, 1.82) is 0 Å². The minimum atomic E-state index is -1.05. The molecule has 0 aromatic heterocycles. The lowest BCUT2D eigenvalue weighted by molar-refractivity contribution is -0.383. The Morgan fingerprint density at radius 3 is 2.58 bits per heavy atom. The number of hydrogen-bond donors (Lipinski definition) is 2. The third-order valence-electron chi connectivity index (χ3n) is 2.19. The first kappa shape index (κ1) is 14.6. The second-order valence-corrected chi connectivity index (χ2v) is 3.89. The van der Waals surface area contributed by atoms with Gasteiger partial charge in [-0.25, -0.2) is 0 Å². The summed E-state index contributed by atoms with van der Waals surface area (Å²) in [5.41, 5.74) is -0.127. The maximum absolute atomic E-state index is 11.6. The number of benzene rings is 1. The van der Waals surface area contributed by atoms with Crippen LogP contribution < -0.4 is 5.32 Å². The van der Waals surface area contributed by atoms with Crippen molar-refractivity contribution in [3.8, 4) is 0 Å². The fraction of sp³-hybridized carbons (Fsp3) is 0.273. The van der Waals surface area contributed by atoms with E-state index >= 15 is 0 Å². The summed E-state index contributed by atoms with van der Waals surface area (Å²) in [5, 5.41) is 21.7. The molecule has 0 spiro atoms. The topological polar surface area (TPSA) is 113 Å². The number of aliphatic carboxylic acids is 1. The number of amides is 1. The third kappa shape index (κ3) is 4.72. The van der Waals surface area contributed by atoms with Gasteiger partial charge in [-0.3, -0.25) is 24.6 Å². The summed E-state index contributed by atoms with van der Waals surface area (Å²) in [5.74, 6) is -1.57. The van der Waals surface area contributed by atoms with Gasteiger partial charge in [0.25, 0.3) is 5.69 Å². The Kier molecular flexibility index (Phi) is 4.95. The van der Waals surface area contributed by atoms with Gasteiger partial charge in [0.05, 0.1) is 18.0 Å². The Bertz CT molecular complexity index is 503. The number of carbonyl (C=O) groups is 2. The summed E-state index contributed by atoms with van der Waals surface area (Å²) in [4.78, 5) is 33.5. The number of rotatable bonds is 6. The van der Waals surface area contributed by atoms with Crippen molar-refractivity contribution in [2.45, 2.75) is 0 Å². The van der Waals surface area contributed by atoms with Gasteiger partial charge in [0, 0.05) is 6.07 Å². The molecule has 102 valence electrons. The number of carbonyl (C=O) groups excluding carboxylic acids is 1. The third-order valence-corrected chi connectivity index (χ3v) is 2.19. The Hall–Kier alpha value is -2.48.